The Hall–Kier alpha value is -3.87. The van der Waals surface area contributed by atoms with Crippen molar-refractivity contribution in [3.05, 3.63) is 123 Å². The Labute approximate surface area is 222 Å². The van der Waals surface area contributed by atoms with Crippen molar-refractivity contribution in [2.24, 2.45) is 5.10 Å². The van der Waals surface area contributed by atoms with Gasteiger partial charge < -0.3 is 0 Å². The minimum Gasteiger partial charge on any atom is -0.267 e. The molecule has 0 N–H and O–H groups in total. The Bertz CT molecular complexity index is 1660. The number of benzene rings is 3. The summed E-state index contributed by atoms with van der Waals surface area (Å²) in [7, 11) is 0. The molecular formula is C30H21ClFN3OS. The molecule has 5 aromatic rings. The highest BCUT2D eigenvalue weighted by atomic mass is 35.5. The lowest BCUT2D eigenvalue weighted by atomic mass is 9.90. The number of hydrogen-bond acceptors (Lipinski definition) is 4. The molecule has 6 rings (SSSR count). The van der Waals surface area contributed by atoms with E-state index in [9.17, 15) is 9.18 Å². The Kier molecular flexibility index (Phi) is 6.07. The standard InChI is InChI=1S/C30H21ClFN3OS/c1-18-28(29(19-11-13-21(31)14-12-19)23-8-2-3-9-24(23)33-18)25-17-26(27-10-5-15-37-27)35(34-25)30(36)20-6-4-7-22(32)16-20/h2-16,26H,17H2,1H3/t26-/m0/s1. The zero-order chi connectivity index (χ0) is 25.5. The summed E-state index contributed by atoms with van der Waals surface area (Å²) in [6.45, 7) is 1.97. The molecule has 2 aromatic heterocycles. The minimum absolute atomic E-state index is 0.262. The van der Waals surface area contributed by atoms with Gasteiger partial charge in [0.1, 0.15) is 5.82 Å². The number of fused-ring (bicyclic) bond motifs is 1. The summed E-state index contributed by atoms with van der Waals surface area (Å²) in [5, 5.41) is 10.0. The van der Waals surface area contributed by atoms with Gasteiger partial charge in [-0.05, 0) is 60.3 Å². The number of halogens is 2. The summed E-state index contributed by atoms with van der Waals surface area (Å²) in [4.78, 5) is 19.5. The molecule has 0 unspecified atom stereocenters. The van der Waals surface area contributed by atoms with Gasteiger partial charge in [0.05, 0.1) is 17.3 Å². The van der Waals surface area contributed by atoms with Gasteiger partial charge in [-0.3, -0.25) is 9.78 Å². The molecule has 3 heterocycles. The first-order valence-corrected chi connectivity index (χ1v) is 13.1. The molecule has 1 atom stereocenters. The minimum atomic E-state index is -0.457. The fourth-order valence-corrected chi connectivity index (χ4v) is 5.85. The van der Waals surface area contributed by atoms with E-state index in [0.29, 0.717) is 11.4 Å². The maximum absolute atomic E-state index is 14.0. The van der Waals surface area contributed by atoms with Gasteiger partial charge in [0, 0.05) is 44.1 Å². The maximum atomic E-state index is 14.0. The van der Waals surface area contributed by atoms with Crippen LogP contribution in [0.15, 0.2) is 95.4 Å². The molecule has 0 radical (unpaired) electrons. The topological polar surface area (TPSA) is 45.6 Å². The van der Waals surface area contributed by atoms with Crippen LogP contribution in [0.3, 0.4) is 0 Å². The van der Waals surface area contributed by atoms with E-state index < -0.39 is 5.82 Å². The number of nitrogens with zero attached hydrogens (tertiary/aromatic N) is 3. The van der Waals surface area contributed by atoms with Gasteiger partial charge in [0.2, 0.25) is 0 Å². The van der Waals surface area contributed by atoms with Crippen molar-refractivity contribution in [3.63, 3.8) is 0 Å². The van der Waals surface area contributed by atoms with Gasteiger partial charge in [-0.25, -0.2) is 9.40 Å². The average molecular weight is 526 g/mol. The van der Waals surface area contributed by atoms with E-state index in [0.717, 1.165) is 43.9 Å². The van der Waals surface area contributed by atoms with Gasteiger partial charge in [-0.1, -0.05) is 54.1 Å². The number of rotatable bonds is 4. The second-order valence-corrected chi connectivity index (χ2v) is 10.3. The van der Waals surface area contributed by atoms with Gasteiger partial charge in [0.25, 0.3) is 5.91 Å². The SMILES string of the molecule is Cc1nc2ccccc2c(-c2ccc(Cl)cc2)c1C1=NN(C(=O)c2cccc(F)c2)[C@H](c2cccs2)C1. The van der Waals surface area contributed by atoms with Crippen LogP contribution in [0.5, 0.6) is 0 Å². The van der Waals surface area contributed by atoms with Crippen LogP contribution in [0, 0.1) is 12.7 Å². The van der Waals surface area contributed by atoms with Gasteiger partial charge >= 0.3 is 0 Å². The van der Waals surface area contributed by atoms with Crippen molar-refractivity contribution in [1.29, 1.82) is 0 Å². The van der Waals surface area contributed by atoms with Crippen molar-refractivity contribution in [1.82, 2.24) is 9.99 Å². The maximum Gasteiger partial charge on any atom is 0.274 e. The molecule has 0 saturated heterocycles. The van der Waals surface area contributed by atoms with Crippen molar-refractivity contribution in [3.8, 4) is 11.1 Å². The lowest BCUT2D eigenvalue weighted by Gasteiger charge is -2.20. The fourth-order valence-electron chi connectivity index (χ4n) is 4.91. The summed E-state index contributed by atoms with van der Waals surface area (Å²) >= 11 is 7.78. The first kappa shape index (κ1) is 23.5. The Morgan fingerprint density at radius 1 is 1.00 bits per heavy atom. The average Bonchev–Trinajstić information content (AvgIpc) is 3.58. The molecule has 0 fully saturated rings. The summed E-state index contributed by atoms with van der Waals surface area (Å²) in [5.41, 5.74) is 5.64. The normalized spacial score (nSPS) is 15.3. The van der Waals surface area contributed by atoms with Crippen LogP contribution in [-0.2, 0) is 0 Å². The van der Waals surface area contributed by atoms with E-state index >= 15 is 0 Å². The van der Waals surface area contributed by atoms with E-state index in [1.165, 1.54) is 17.1 Å². The molecule has 4 nitrogen and oxygen atoms in total. The summed E-state index contributed by atoms with van der Waals surface area (Å²) in [5.74, 6) is -0.797. The zero-order valence-corrected chi connectivity index (χ0v) is 21.4. The first-order valence-electron chi connectivity index (χ1n) is 11.9. The quantitative estimate of drug-likeness (QED) is 0.238. The number of aryl methyl sites for hydroxylation is 1. The predicted octanol–water partition coefficient (Wildman–Crippen LogP) is 8.06. The molecule has 0 saturated carbocycles. The molecule has 182 valence electrons. The Morgan fingerprint density at radius 2 is 1.81 bits per heavy atom. The first-order chi connectivity index (χ1) is 18.0. The highest BCUT2D eigenvalue weighted by molar-refractivity contribution is 7.10. The van der Waals surface area contributed by atoms with Gasteiger partial charge in [-0.2, -0.15) is 5.10 Å². The number of carbonyl (C=O) groups is 1. The third-order valence-corrected chi connectivity index (χ3v) is 7.78. The third-order valence-electron chi connectivity index (χ3n) is 6.56. The number of thiophene rings is 1. The lowest BCUT2D eigenvalue weighted by molar-refractivity contribution is 0.0713. The largest absolute Gasteiger partial charge is 0.274 e. The van der Waals surface area contributed by atoms with E-state index in [1.807, 2.05) is 66.9 Å². The molecule has 1 aliphatic heterocycles. The smallest absolute Gasteiger partial charge is 0.267 e. The van der Waals surface area contributed by atoms with Crippen molar-refractivity contribution in [2.45, 2.75) is 19.4 Å². The second kappa shape index (κ2) is 9.54. The number of hydrogen-bond donors (Lipinski definition) is 0. The molecule has 0 aliphatic carbocycles. The second-order valence-electron chi connectivity index (χ2n) is 8.91. The molecule has 7 heteroatoms. The van der Waals surface area contributed by atoms with Crippen LogP contribution in [0.4, 0.5) is 4.39 Å². The van der Waals surface area contributed by atoms with Gasteiger partial charge in [-0.15, -0.1) is 11.3 Å². The van der Waals surface area contributed by atoms with E-state index in [2.05, 4.69) is 6.07 Å². The van der Waals surface area contributed by atoms with Crippen LogP contribution in [0.25, 0.3) is 22.0 Å². The molecule has 1 amide bonds. The van der Waals surface area contributed by atoms with Crippen molar-refractivity contribution in [2.75, 3.05) is 0 Å². The van der Waals surface area contributed by atoms with Gasteiger partial charge in [0.15, 0.2) is 0 Å². The fraction of sp³-hybridized carbons (Fsp3) is 0.100. The van der Waals surface area contributed by atoms with Crippen LogP contribution in [0.2, 0.25) is 5.02 Å². The van der Waals surface area contributed by atoms with Crippen molar-refractivity contribution >= 4 is 45.5 Å². The van der Waals surface area contributed by atoms with E-state index in [1.54, 1.807) is 23.5 Å². The number of hydrazone groups is 1. The Balaban J connectivity index is 1.55. The highest BCUT2D eigenvalue weighted by Crippen LogP contribution is 2.41. The summed E-state index contributed by atoms with van der Waals surface area (Å²) in [6.07, 6.45) is 0.517. The monoisotopic (exact) mass is 525 g/mol. The number of carbonyl (C=O) groups excluding carboxylic acids is 1. The molecular weight excluding hydrogens is 505 g/mol. The number of para-hydroxylation sites is 1. The number of aromatic nitrogens is 1. The van der Waals surface area contributed by atoms with Crippen LogP contribution >= 0.6 is 22.9 Å². The molecule has 3 aromatic carbocycles. The van der Waals surface area contributed by atoms with E-state index in [4.69, 9.17) is 21.7 Å². The van der Waals surface area contributed by atoms with Crippen LogP contribution in [0.1, 0.15) is 39.0 Å². The third kappa shape index (κ3) is 4.32. The Morgan fingerprint density at radius 3 is 2.57 bits per heavy atom. The summed E-state index contributed by atoms with van der Waals surface area (Å²) < 4.78 is 14.0. The molecule has 37 heavy (non-hydrogen) atoms. The van der Waals surface area contributed by atoms with Crippen LogP contribution in [-0.4, -0.2) is 21.6 Å². The predicted molar refractivity (Wildman–Crippen MR) is 148 cm³/mol. The zero-order valence-electron chi connectivity index (χ0n) is 19.9. The molecule has 1 aliphatic rings. The number of pyridine rings is 1. The summed E-state index contributed by atoms with van der Waals surface area (Å²) in [6, 6.07) is 25.2. The molecule has 0 bridgehead atoms. The molecule has 0 spiro atoms. The van der Waals surface area contributed by atoms with E-state index in [-0.39, 0.29) is 17.5 Å². The van der Waals surface area contributed by atoms with Crippen LogP contribution < -0.4 is 0 Å². The lowest BCUT2D eigenvalue weighted by Crippen LogP contribution is -2.26. The number of amides is 1. The van der Waals surface area contributed by atoms with Crippen molar-refractivity contribution < 1.29 is 9.18 Å². The highest BCUT2D eigenvalue weighted by Gasteiger charge is 2.36.